The smallest absolute Gasteiger partial charge is 0.219 e. The van der Waals surface area contributed by atoms with Gasteiger partial charge in [0.05, 0.1) is 12.9 Å². The summed E-state index contributed by atoms with van der Waals surface area (Å²) in [7, 11) is 1.99. The second kappa shape index (κ2) is 7.81. The first-order valence-corrected chi connectivity index (χ1v) is 10.6. The summed E-state index contributed by atoms with van der Waals surface area (Å²) in [6.45, 7) is 13.0. The van der Waals surface area contributed by atoms with Crippen LogP contribution in [0.4, 0.5) is 5.82 Å². The highest BCUT2D eigenvalue weighted by Crippen LogP contribution is 2.28. The molecular formula is C22H31N7O. The van der Waals surface area contributed by atoms with E-state index in [0.717, 1.165) is 65.9 Å². The molecule has 4 heterocycles. The number of aromatic nitrogens is 6. The van der Waals surface area contributed by atoms with Gasteiger partial charge < -0.3 is 14.2 Å². The van der Waals surface area contributed by atoms with Crippen LogP contribution >= 0.6 is 0 Å². The van der Waals surface area contributed by atoms with Gasteiger partial charge in [0.1, 0.15) is 17.7 Å². The summed E-state index contributed by atoms with van der Waals surface area (Å²) in [5.74, 6) is 3.02. The fourth-order valence-electron chi connectivity index (χ4n) is 3.79. The van der Waals surface area contributed by atoms with Crippen molar-refractivity contribution < 1.29 is 4.74 Å². The van der Waals surface area contributed by atoms with Crippen LogP contribution in [0.15, 0.2) is 12.7 Å². The summed E-state index contributed by atoms with van der Waals surface area (Å²) < 4.78 is 8.19. The summed E-state index contributed by atoms with van der Waals surface area (Å²) >= 11 is 0. The maximum atomic E-state index is 6.20. The Morgan fingerprint density at radius 3 is 2.50 bits per heavy atom. The predicted molar refractivity (Wildman–Crippen MR) is 117 cm³/mol. The van der Waals surface area contributed by atoms with E-state index in [2.05, 4.69) is 45.6 Å². The van der Waals surface area contributed by atoms with Crippen LogP contribution in [0.5, 0.6) is 5.88 Å². The first-order valence-electron chi connectivity index (χ1n) is 10.6. The van der Waals surface area contributed by atoms with Crippen LogP contribution in [-0.2, 0) is 12.5 Å². The highest BCUT2D eigenvalue weighted by Gasteiger charge is 2.25. The third-order valence-corrected chi connectivity index (χ3v) is 5.87. The summed E-state index contributed by atoms with van der Waals surface area (Å²) in [5, 5.41) is 0. The van der Waals surface area contributed by atoms with E-state index in [-0.39, 0.29) is 5.41 Å². The highest BCUT2D eigenvalue weighted by molar-refractivity contribution is 5.83. The van der Waals surface area contributed by atoms with Crippen LogP contribution in [-0.4, -0.2) is 49.2 Å². The minimum atomic E-state index is -0.101. The van der Waals surface area contributed by atoms with Crippen molar-refractivity contribution in [2.45, 2.75) is 52.9 Å². The Morgan fingerprint density at radius 1 is 1.07 bits per heavy atom. The Hall–Kier alpha value is -2.77. The number of piperidine rings is 1. The lowest BCUT2D eigenvalue weighted by molar-refractivity contribution is 0.213. The van der Waals surface area contributed by atoms with E-state index in [4.69, 9.17) is 9.72 Å². The Morgan fingerprint density at radius 2 is 1.80 bits per heavy atom. The molecule has 3 aromatic rings. The predicted octanol–water partition coefficient (Wildman–Crippen LogP) is 3.36. The average Bonchev–Trinajstić information content (AvgIpc) is 3.10. The van der Waals surface area contributed by atoms with Crippen molar-refractivity contribution in [3.8, 4) is 5.88 Å². The van der Waals surface area contributed by atoms with Gasteiger partial charge in [0.25, 0.3) is 0 Å². The molecule has 0 aromatic carbocycles. The number of fused-ring (bicyclic) bond motifs is 1. The fourth-order valence-corrected chi connectivity index (χ4v) is 3.79. The summed E-state index contributed by atoms with van der Waals surface area (Å²) in [6.07, 6.45) is 5.51. The zero-order chi connectivity index (χ0) is 21.5. The largest absolute Gasteiger partial charge is 0.477 e. The quantitative estimate of drug-likeness (QED) is 0.653. The van der Waals surface area contributed by atoms with Gasteiger partial charge >= 0.3 is 0 Å². The van der Waals surface area contributed by atoms with Crippen molar-refractivity contribution in [3.05, 3.63) is 29.7 Å². The number of anilines is 1. The highest BCUT2D eigenvalue weighted by atomic mass is 16.5. The molecule has 0 radical (unpaired) electrons. The van der Waals surface area contributed by atoms with Crippen molar-refractivity contribution >= 4 is 17.0 Å². The first kappa shape index (κ1) is 20.5. The number of hydrogen-bond acceptors (Lipinski definition) is 7. The molecule has 4 rings (SSSR count). The van der Waals surface area contributed by atoms with Crippen LogP contribution in [0.2, 0.25) is 0 Å². The van der Waals surface area contributed by atoms with Gasteiger partial charge in [0, 0.05) is 36.8 Å². The Balaban J connectivity index is 1.41. The average molecular weight is 410 g/mol. The van der Waals surface area contributed by atoms with Crippen molar-refractivity contribution in [1.29, 1.82) is 0 Å². The molecule has 1 fully saturated rings. The molecule has 0 atom stereocenters. The van der Waals surface area contributed by atoms with E-state index in [9.17, 15) is 0 Å². The Kier molecular flexibility index (Phi) is 5.34. The third-order valence-electron chi connectivity index (χ3n) is 5.87. The van der Waals surface area contributed by atoms with E-state index < -0.39 is 0 Å². The van der Waals surface area contributed by atoms with Crippen LogP contribution < -0.4 is 9.64 Å². The summed E-state index contributed by atoms with van der Waals surface area (Å²) in [4.78, 5) is 24.9. The van der Waals surface area contributed by atoms with Crippen LogP contribution in [0.25, 0.3) is 11.2 Å². The molecule has 1 aliphatic rings. The van der Waals surface area contributed by atoms with Gasteiger partial charge in [-0.2, -0.15) is 4.98 Å². The van der Waals surface area contributed by atoms with Gasteiger partial charge in [-0.05, 0) is 32.6 Å². The maximum absolute atomic E-state index is 6.20. The maximum Gasteiger partial charge on any atom is 0.219 e. The minimum absolute atomic E-state index is 0.101. The van der Waals surface area contributed by atoms with Crippen LogP contribution in [0.3, 0.4) is 0 Å². The monoisotopic (exact) mass is 409 g/mol. The van der Waals surface area contributed by atoms with Gasteiger partial charge in [-0.1, -0.05) is 20.8 Å². The van der Waals surface area contributed by atoms with E-state index in [1.807, 2.05) is 25.5 Å². The van der Waals surface area contributed by atoms with Gasteiger partial charge in [-0.3, -0.25) is 0 Å². The zero-order valence-corrected chi connectivity index (χ0v) is 18.8. The van der Waals surface area contributed by atoms with Crippen LogP contribution in [0, 0.1) is 19.8 Å². The molecule has 160 valence electrons. The molecular weight excluding hydrogens is 378 g/mol. The van der Waals surface area contributed by atoms with Crippen LogP contribution in [0.1, 0.15) is 50.7 Å². The SMILES string of the molecule is Cc1nc(C(C)(C)C)nc(OCC2CCN(c3ncnc4ncn(C)c34)CC2)c1C. The molecule has 0 N–H and O–H groups in total. The molecule has 1 aliphatic heterocycles. The van der Waals surface area contributed by atoms with Gasteiger partial charge in [-0.15, -0.1) is 0 Å². The lowest BCUT2D eigenvalue weighted by Gasteiger charge is -2.33. The molecule has 0 spiro atoms. The number of nitrogens with zero attached hydrogens (tertiary/aromatic N) is 7. The van der Waals surface area contributed by atoms with E-state index >= 15 is 0 Å². The van der Waals surface area contributed by atoms with E-state index in [1.54, 1.807) is 12.7 Å². The second-order valence-electron chi connectivity index (χ2n) is 9.28. The summed E-state index contributed by atoms with van der Waals surface area (Å²) in [5.41, 5.74) is 3.66. The molecule has 0 amide bonds. The lowest BCUT2D eigenvalue weighted by atomic mass is 9.95. The van der Waals surface area contributed by atoms with Crippen molar-refractivity contribution in [1.82, 2.24) is 29.5 Å². The molecule has 0 unspecified atom stereocenters. The minimum Gasteiger partial charge on any atom is -0.477 e. The van der Waals surface area contributed by atoms with Crippen molar-refractivity contribution in [3.63, 3.8) is 0 Å². The topological polar surface area (TPSA) is 81.8 Å². The zero-order valence-electron chi connectivity index (χ0n) is 18.8. The molecule has 0 bridgehead atoms. The van der Waals surface area contributed by atoms with Gasteiger partial charge in [0.2, 0.25) is 5.88 Å². The van der Waals surface area contributed by atoms with E-state index in [1.165, 1.54) is 0 Å². The fraction of sp³-hybridized carbons (Fsp3) is 0.591. The van der Waals surface area contributed by atoms with Gasteiger partial charge in [-0.25, -0.2) is 19.9 Å². The molecule has 30 heavy (non-hydrogen) atoms. The number of ether oxygens (including phenoxy) is 1. The molecule has 0 saturated carbocycles. The molecule has 1 saturated heterocycles. The second-order valence-corrected chi connectivity index (χ2v) is 9.28. The molecule has 3 aromatic heterocycles. The number of hydrogen-bond donors (Lipinski definition) is 0. The number of imidazole rings is 1. The standard InChI is InChI=1S/C22H31N7O/c1-14-15(2)26-21(22(3,4)5)27-20(14)30-11-16-7-9-29(10-8-16)19-17-18(23-12-24-19)25-13-28(17)6/h12-13,16H,7-11H2,1-6H3. The number of rotatable bonds is 4. The molecule has 8 nitrogen and oxygen atoms in total. The third kappa shape index (κ3) is 3.95. The van der Waals surface area contributed by atoms with Crippen molar-refractivity contribution in [2.75, 3.05) is 24.6 Å². The van der Waals surface area contributed by atoms with E-state index in [0.29, 0.717) is 12.5 Å². The first-order chi connectivity index (χ1) is 14.2. The number of aryl methyl sites for hydroxylation is 2. The molecule has 0 aliphatic carbocycles. The van der Waals surface area contributed by atoms with Crippen molar-refractivity contribution in [2.24, 2.45) is 13.0 Å². The normalized spacial score (nSPS) is 15.7. The lowest BCUT2D eigenvalue weighted by Crippen LogP contribution is -2.36. The molecule has 8 heteroatoms. The summed E-state index contributed by atoms with van der Waals surface area (Å²) in [6, 6.07) is 0. The Labute approximate surface area is 177 Å². The Bertz CT molecular complexity index is 1050. The van der Waals surface area contributed by atoms with Gasteiger partial charge in [0.15, 0.2) is 11.5 Å².